The highest BCUT2D eigenvalue weighted by Crippen LogP contribution is 2.21. The Hall–Kier alpha value is -1.13. The molecule has 1 aromatic rings. The quantitative estimate of drug-likeness (QED) is 0.746. The fraction of sp³-hybridized carbons (Fsp3) is 0.647. The molecule has 1 aliphatic heterocycles. The van der Waals surface area contributed by atoms with Gasteiger partial charge in [0.15, 0.2) is 11.6 Å². The first-order valence-electron chi connectivity index (χ1n) is 8.18. The van der Waals surface area contributed by atoms with Crippen LogP contribution < -0.4 is 10.1 Å². The molecule has 0 atom stereocenters. The molecule has 0 spiro atoms. The van der Waals surface area contributed by atoms with Gasteiger partial charge < -0.3 is 15.0 Å². The maximum atomic E-state index is 14.0. The molecular formula is C17H25FN2O. The van der Waals surface area contributed by atoms with E-state index >= 15 is 0 Å². The molecule has 2 fully saturated rings. The molecule has 4 heteroatoms. The standard InChI is InChI=1S/C17H25FN2O/c18-16-12-14(13-19-15-5-6-15)4-7-17(16)21-11-3-10-20-8-1-2-9-20/h4,7,12,15,19H,1-3,5-6,8-11,13H2. The summed E-state index contributed by atoms with van der Waals surface area (Å²) in [4.78, 5) is 2.45. The van der Waals surface area contributed by atoms with Gasteiger partial charge in [-0.2, -0.15) is 0 Å². The molecular weight excluding hydrogens is 267 g/mol. The van der Waals surface area contributed by atoms with Crippen LogP contribution in [-0.2, 0) is 6.54 Å². The summed E-state index contributed by atoms with van der Waals surface area (Å²) >= 11 is 0. The van der Waals surface area contributed by atoms with Gasteiger partial charge in [0.05, 0.1) is 6.61 Å². The van der Waals surface area contributed by atoms with Gasteiger partial charge in [-0.1, -0.05) is 6.07 Å². The van der Waals surface area contributed by atoms with Crippen molar-refractivity contribution in [2.24, 2.45) is 0 Å². The minimum atomic E-state index is -0.244. The Morgan fingerprint density at radius 1 is 1.24 bits per heavy atom. The van der Waals surface area contributed by atoms with Crippen molar-refractivity contribution < 1.29 is 9.13 Å². The summed E-state index contributed by atoms with van der Waals surface area (Å²) in [6, 6.07) is 5.95. The average molecular weight is 292 g/mol. The molecule has 1 heterocycles. The average Bonchev–Trinajstić information content (AvgIpc) is 3.17. The van der Waals surface area contributed by atoms with Crippen LogP contribution in [0.3, 0.4) is 0 Å². The second-order valence-electron chi connectivity index (χ2n) is 6.17. The van der Waals surface area contributed by atoms with Crippen molar-refractivity contribution in [2.75, 3.05) is 26.2 Å². The van der Waals surface area contributed by atoms with Crippen molar-refractivity contribution in [1.82, 2.24) is 10.2 Å². The Labute approximate surface area is 126 Å². The lowest BCUT2D eigenvalue weighted by atomic mass is 10.2. The van der Waals surface area contributed by atoms with E-state index in [1.165, 1.54) is 38.8 Å². The molecule has 1 aromatic carbocycles. The predicted octanol–water partition coefficient (Wildman–Crippen LogP) is 2.94. The van der Waals surface area contributed by atoms with Crippen LogP contribution in [-0.4, -0.2) is 37.2 Å². The summed E-state index contributed by atoms with van der Waals surface area (Å²) in [5, 5.41) is 3.39. The number of rotatable bonds is 8. The third-order valence-corrected chi connectivity index (χ3v) is 4.24. The maximum absolute atomic E-state index is 14.0. The zero-order chi connectivity index (χ0) is 14.5. The van der Waals surface area contributed by atoms with Crippen molar-refractivity contribution in [2.45, 2.75) is 44.7 Å². The molecule has 3 nitrogen and oxygen atoms in total. The summed E-state index contributed by atoms with van der Waals surface area (Å²) in [5.74, 6) is 0.137. The highest BCUT2D eigenvalue weighted by molar-refractivity contribution is 5.29. The Balaban J connectivity index is 1.39. The van der Waals surface area contributed by atoms with Crippen molar-refractivity contribution in [1.29, 1.82) is 0 Å². The van der Waals surface area contributed by atoms with E-state index in [-0.39, 0.29) is 5.82 Å². The van der Waals surface area contributed by atoms with Crippen molar-refractivity contribution in [3.05, 3.63) is 29.6 Å². The first-order valence-corrected chi connectivity index (χ1v) is 8.18. The normalized spacial score (nSPS) is 19.1. The summed E-state index contributed by atoms with van der Waals surface area (Å²) in [6.07, 6.45) is 6.09. The minimum Gasteiger partial charge on any atom is -0.490 e. The van der Waals surface area contributed by atoms with Gasteiger partial charge in [-0.3, -0.25) is 0 Å². The first kappa shape index (κ1) is 14.8. The Morgan fingerprint density at radius 3 is 2.76 bits per heavy atom. The van der Waals surface area contributed by atoms with E-state index in [1.54, 1.807) is 12.1 Å². The topological polar surface area (TPSA) is 24.5 Å². The Morgan fingerprint density at radius 2 is 2.05 bits per heavy atom. The summed E-state index contributed by atoms with van der Waals surface area (Å²) < 4.78 is 19.5. The van der Waals surface area contributed by atoms with Crippen LogP contribution in [0.2, 0.25) is 0 Å². The minimum absolute atomic E-state index is 0.244. The van der Waals surface area contributed by atoms with E-state index in [0.717, 1.165) is 25.1 Å². The first-order chi connectivity index (χ1) is 10.3. The SMILES string of the molecule is Fc1cc(CNC2CC2)ccc1OCCCN1CCCC1. The number of nitrogens with one attached hydrogen (secondary N) is 1. The highest BCUT2D eigenvalue weighted by Gasteiger charge is 2.20. The van der Waals surface area contributed by atoms with E-state index in [9.17, 15) is 4.39 Å². The van der Waals surface area contributed by atoms with Crippen LogP contribution in [0.25, 0.3) is 0 Å². The molecule has 1 aliphatic carbocycles. The summed E-state index contributed by atoms with van der Waals surface area (Å²) in [6.45, 7) is 4.81. The lowest BCUT2D eigenvalue weighted by Gasteiger charge is -2.14. The van der Waals surface area contributed by atoms with Gasteiger partial charge in [0.1, 0.15) is 0 Å². The van der Waals surface area contributed by atoms with Crippen LogP contribution >= 0.6 is 0 Å². The lowest BCUT2D eigenvalue weighted by Crippen LogP contribution is -2.22. The molecule has 0 aromatic heterocycles. The number of ether oxygens (including phenoxy) is 1. The molecule has 116 valence electrons. The highest BCUT2D eigenvalue weighted by atomic mass is 19.1. The van der Waals surface area contributed by atoms with E-state index in [2.05, 4.69) is 10.2 Å². The fourth-order valence-corrected chi connectivity index (χ4v) is 2.80. The monoisotopic (exact) mass is 292 g/mol. The van der Waals surface area contributed by atoms with E-state index in [1.807, 2.05) is 6.07 Å². The van der Waals surface area contributed by atoms with Gasteiger partial charge in [0, 0.05) is 19.1 Å². The summed E-state index contributed by atoms with van der Waals surface area (Å²) in [7, 11) is 0. The van der Waals surface area contributed by atoms with Gasteiger partial charge in [0.2, 0.25) is 0 Å². The Bertz CT molecular complexity index is 456. The van der Waals surface area contributed by atoms with Crippen LogP contribution in [0.4, 0.5) is 4.39 Å². The van der Waals surface area contributed by atoms with Crippen molar-refractivity contribution >= 4 is 0 Å². The fourth-order valence-electron chi connectivity index (χ4n) is 2.80. The predicted molar refractivity (Wildman–Crippen MR) is 82.0 cm³/mol. The van der Waals surface area contributed by atoms with Gasteiger partial charge in [-0.05, 0) is 62.9 Å². The zero-order valence-corrected chi connectivity index (χ0v) is 12.6. The van der Waals surface area contributed by atoms with Crippen LogP contribution in [0.15, 0.2) is 18.2 Å². The third kappa shape index (κ3) is 4.68. The summed E-state index contributed by atoms with van der Waals surface area (Å²) in [5.41, 5.74) is 0.990. The molecule has 0 amide bonds. The van der Waals surface area contributed by atoms with Gasteiger partial charge in [0.25, 0.3) is 0 Å². The lowest BCUT2D eigenvalue weighted by molar-refractivity contribution is 0.255. The Kier molecular flexibility index (Phi) is 5.09. The van der Waals surface area contributed by atoms with Crippen LogP contribution in [0.5, 0.6) is 5.75 Å². The smallest absolute Gasteiger partial charge is 0.165 e. The number of hydrogen-bond acceptors (Lipinski definition) is 3. The molecule has 0 unspecified atom stereocenters. The number of nitrogens with zero attached hydrogens (tertiary/aromatic N) is 1. The van der Waals surface area contributed by atoms with E-state index in [0.29, 0.717) is 18.4 Å². The van der Waals surface area contributed by atoms with Crippen molar-refractivity contribution in [3.8, 4) is 5.75 Å². The maximum Gasteiger partial charge on any atom is 0.165 e. The molecule has 0 bridgehead atoms. The largest absolute Gasteiger partial charge is 0.490 e. The van der Waals surface area contributed by atoms with Crippen LogP contribution in [0, 0.1) is 5.82 Å². The number of likely N-dealkylation sites (tertiary alicyclic amines) is 1. The molecule has 2 aliphatic rings. The molecule has 3 rings (SSSR count). The van der Waals surface area contributed by atoms with E-state index < -0.39 is 0 Å². The molecule has 1 saturated carbocycles. The number of hydrogen-bond donors (Lipinski definition) is 1. The second-order valence-corrected chi connectivity index (χ2v) is 6.17. The van der Waals surface area contributed by atoms with Gasteiger partial charge in [-0.25, -0.2) is 4.39 Å². The van der Waals surface area contributed by atoms with Gasteiger partial charge >= 0.3 is 0 Å². The number of halogens is 1. The van der Waals surface area contributed by atoms with E-state index in [4.69, 9.17) is 4.74 Å². The van der Waals surface area contributed by atoms with Gasteiger partial charge in [-0.15, -0.1) is 0 Å². The van der Waals surface area contributed by atoms with Crippen LogP contribution in [0.1, 0.15) is 37.7 Å². The zero-order valence-electron chi connectivity index (χ0n) is 12.6. The number of benzene rings is 1. The molecule has 1 saturated heterocycles. The molecule has 1 N–H and O–H groups in total. The second kappa shape index (κ2) is 7.23. The van der Waals surface area contributed by atoms with Crippen molar-refractivity contribution in [3.63, 3.8) is 0 Å². The molecule has 0 radical (unpaired) electrons. The molecule has 21 heavy (non-hydrogen) atoms. The third-order valence-electron chi connectivity index (χ3n) is 4.24.